The molecule has 1 amide bonds. The highest BCUT2D eigenvalue weighted by molar-refractivity contribution is 7.80. The smallest absolute Gasteiger partial charge is 0.257 e. The molecule has 0 fully saturated rings. The molecule has 2 rings (SSSR count). The van der Waals surface area contributed by atoms with E-state index in [1.807, 2.05) is 19.1 Å². The van der Waals surface area contributed by atoms with Crippen LogP contribution in [0.1, 0.15) is 17.3 Å². The van der Waals surface area contributed by atoms with Gasteiger partial charge in [0.05, 0.1) is 17.9 Å². The van der Waals surface area contributed by atoms with Gasteiger partial charge in [0.2, 0.25) is 0 Å². The lowest BCUT2D eigenvalue weighted by Crippen LogP contribution is -2.22. The van der Waals surface area contributed by atoms with Crippen LogP contribution in [0.3, 0.4) is 0 Å². The van der Waals surface area contributed by atoms with Crippen LogP contribution >= 0.6 is 12.2 Å². The summed E-state index contributed by atoms with van der Waals surface area (Å²) in [6, 6.07) is 14.2. The number of carbonyl (C=O) groups is 1. The van der Waals surface area contributed by atoms with E-state index in [0.29, 0.717) is 29.3 Å². The van der Waals surface area contributed by atoms with E-state index in [9.17, 15) is 4.79 Å². The van der Waals surface area contributed by atoms with Crippen molar-refractivity contribution in [3.63, 3.8) is 0 Å². The summed E-state index contributed by atoms with van der Waals surface area (Å²) in [5.74, 6) is 0.447. The molecular weight excluding hydrogens is 298 g/mol. The first kappa shape index (κ1) is 15.8. The zero-order valence-electron chi connectivity index (χ0n) is 12.1. The molecule has 22 heavy (non-hydrogen) atoms. The fourth-order valence-corrected chi connectivity index (χ4v) is 2.06. The van der Waals surface area contributed by atoms with Crippen molar-refractivity contribution in [3.8, 4) is 5.75 Å². The molecule has 0 aromatic heterocycles. The number of para-hydroxylation sites is 1. The Hall–Kier alpha value is -2.60. The van der Waals surface area contributed by atoms with Crippen LogP contribution in [0.4, 0.5) is 11.4 Å². The summed E-state index contributed by atoms with van der Waals surface area (Å²) in [7, 11) is 0. The molecule has 0 saturated carbocycles. The third-order valence-electron chi connectivity index (χ3n) is 2.83. The molecule has 0 heterocycles. The van der Waals surface area contributed by atoms with Crippen molar-refractivity contribution in [2.75, 3.05) is 17.2 Å². The minimum atomic E-state index is -0.256. The maximum atomic E-state index is 12.4. The van der Waals surface area contributed by atoms with Gasteiger partial charge in [0, 0.05) is 11.8 Å². The second-order valence-corrected chi connectivity index (χ2v) is 4.89. The lowest BCUT2D eigenvalue weighted by atomic mass is 10.1. The standard InChI is InChI=1S/C16H17N3O2S/c1-2-21-12-7-5-6-11(10-12)18-15(20)13-8-3-4-9-14(13)19-16(17)22/h3-10H,2H2,1H3,(H,18,20)(H3,17,19,22). The lowest BCUT2D eigenvalue weighted by Gasteiger charge is -2.12. The Bertz CT molecular complexity index is 689. The van der Waals surface area contributed by atoms with Crippen LogP contribution in [-0.4, -0.2) is 17.6 Å². The number of carbonyl (C=O) groups excluding carboxylic acids is 1. The van der Waals surface area contributed by atoms with Gasteiger partial charge in [0.1, 0.15) is 5.75 Å². The fraction of sp³-hybridized carbons (Fsp3) is 0.125. The Morgan fingerprint density at radius 2 is 1.95 bits per heavy atom. The van der Waals surface area contributed by atoms with E-state index in [1.165, 1.54) is 0 Å². The molecule has 4 N–H and O–H groups in total. The van der Waals surface area contributed by atoms with E-state index in [2.05, 4.69) is 10.6 Å². The van der Waals surface area contributed by atoms with Crippen molar-refractivity contribution in [2.24, 2.45) is 5.73 Å². The Labute approximate surface area is 134 Å². The van der Waals surface area contributed by atoms with Gasteiger partial charge in [0.15, 0.2) is 5.11 Å². The van der Waals surface area contributed by atoms with Gasteiger partial charge in [-0.15, -0.1) is 0 Å². The molecule has 0 spiro atoms. The van der Waals surface area contributed by atoms with Gasteiger partial charge in [0.25, 0.3) is 5.91 Å². The maximum Gasteiger partial charge on any atom is 0.257 e. The molecule has 2 aromatic carbocycles. The second kappa shape index (κ2) is 7.42. The van der Waals surface area contributed by atoms with Crippen molar-refractivity contribution >= 4 is 34.6 Å². The number of benzene rings is 2. The molecule has 0 aliphatic carbocycles. The third kappa shape index (κ3) is 4.20. The molecule has 0 radical (unpaired) electrons. The number of anilines is 2. The van der Waals surface area contributed by atoms with E-state index in [4.69, 9.17) is 22.7 Å². The minimum absolute atomic E-state index is 0.110. The molecule has 0 saturated heterocycles. The van der Waals surface area contributed by atoms with Gasteiger partial charge in [-0.1, -0.05) is 18.2 Å². The summed E-state index contributed by atoms with van der Waals surface area (Å²) in [4.78, 5) is 12.4. The van der Waals surface area contributed by atoms with E-state index in [1.54, 1.807) is 36.4 Å². The number of thiocarbonyl (C=S) groups is 1. The average Bonchev–Trinajstić information content (AvgIpc) is 2.48. The first-order valence-electron chi connectivity index (χ1n) is 6.80. The first-order chi connectivity index (χ1) is 10.6. The molecular formula is C16H17N3O2S. The molecule has 0 unspecified atom stereocenters. The topological polar surface area (TPSA) is 76.4 Å². The maximum absolute atomic E-state index is 12.4. The van der Waals surface area contributed by atoms with Crippen LogP contribution in [0.2, 0.25) is 0 Å². The van der Waals surface area contributed by atoms with Crippen molar-refractivity contribution in [1.82, 2.24) is 0 Å². The number of hydrogen-bond acceptors (Lipinski definition) is 3. The zero-order valence-corrected chi connectivity index (χ0v) is 12.9. The summed E-state index contributed by atoms with van der Waals surface area (Å²) >= 11 is 4.82. The van der Waals surface area contributed by atoms with Crippen molar-refractivity contribution < 1.29 is 9.53 Å². The average molecular weight is 315 g/mol. The van der Waals surface area contributed by atoms with Crippen molar-refractivity contribution in [2.45, 2.75) is 6.92 Å². The van der Waals surface area contributed by atoms with E-state index in [-0.39, 0.29) is 11.0 Å². The number of hydrogen-bond donors (Lipinski definition) is 3. The molecule has 0 atom stereocenters. The SMILES string of the molecule is CCOc1cccc(NC(=O)c2ccccc2NC(N)=S)c1. The second-order valence-electron chi connectivity index (χ2n) is 4.45. The monoisotopic (exact) mass is 315 g/mol. The van der Waals surface area contributed by atoms with Crippen LogP contribution in [-0.2, 0) is 0 Å². The highest BCUT2D eigenvalue weighted by Gasteiger charge is 2.11. The quantitative estimate of drug-likeness (QED) is 0.740. The Balaban J connectivity index is 2.19. The summed E-state index contributed by atoms with van der Waals surface area (Å²) < 4.78 is 5.41. The van der Waals surface area contributed by atoms with Gasteiger partial charge < -0.3 is 21.1 Å². The zero-order chi connectivity index (χ0) is 15.9. The fourth-order valence-electron chi connectivity index (χ4n) is 1.95. The summed E-state index contributed by atoms with van der Waals surface area (Å²) in [6.07, 6.45) is 0. The molecule has 114 valence electrons. The van der Waals surface area contributed by atoms with Crippen LogP contribution in [0.5, 0.6) is 5.75 Å². The Morgan fingerprint density at radius 1 is 1.18 bits per heavy atom. The predicted molar refractivity (Wildman–Crippen MR) is 92.4 cm³/mol. The number of nitrogens with one attached hydrogen (secondary N) is 2. The minimum Gasteiger partial charge on any atom is -0.494 e. The molecule has 2 aromatic rings. The van der Waals surface area contributed by atoms with Gasteiger partial charge in [-0.25, -0.2) is 0 Å². The van der Waals surface area contributed by atoms with Gasteiger partial charge in [-0.2, -0.15) is 0 Å². The summed E-state index contributed by atoms with van der Waals surface area (Å²) in [6.45, 7) is 2.47. The Morgan fingerprint density at radius 3 is 2.68 bits per heavy atom. The number of ether oxygens (including phenoxy) is 1. The number of nitrogens with two attached hydrogens (primary N) is 1. The third-order valence-corrected chi connectivity index (χ3v) is 2.93. The Kier molecular flexibility index (Phi) is 5.32. The highest BCUT2D eigenvalue weighted by atomic mass is 32.1. The van der Waals surface area contributed by atoms with Gasteiger partial charge >= 0.3 is 0 Å². The van der Waals surface area contributed by atoms with Crippen LogP contribution < -0.4 is 21.1 Å². The molecule has 0 bridgehead atoms. The van der Waals surface area contributed by atoms with E-state index < -0.39 is 0 Å². The molecule has 6 heteroatoms. The van der Waals surface area contributed by atoms with E-state index >= 15 is 0 Å². The largest absolute Gasteiger partial charge is 0.494 e. The number of amides is 1. The normalized spacial score (nSPS) is 9.86. The van der Waals surface area contributed by atoms with Gasteiger partial charge in [-0.05, 0) is 43.4 Å². The molecule has 5 nitrogen and oxygen atoms in total. The molecule has 0 aliphatic rings. The van der Waals surface area contributed by atoms with E-state index in [0.717, 1.165) is 0 Å². The van der Waals surface area contributed by atoms with Crippen LogP contribution in [0.25, 0.3) is 0 Å². The summed E-state index contributed by atoms with van der Waals surface area (Å²) in [5, 5.41) is 5.73. The lowest BCUT2D eigenvalue weighted by molar-refractivity contribution is 0.102. The predicted octanol–water partition coefficient (Wildman–Crippen LogP) is 2.99. The highest BCUT2D eigenvalue weighted by Crippen LogP contribution is 2.20. The van der Waals surface area contributed by atoms with Gasteiger partial charge in [-0.3, -0.25) is 4.79 Å². The molecule has 0 aliphatic heterocycles. The van der Waals surface area contributed by atoms with Crippen LogP contribution in [0, 0.1) is 0 Å². The van der Waals surface area contributed by atoms with Crippen molar-refractivity contribution in [1.29, 1.82) is 0 Å². The summed E-state index contributed by atoms with van der Waals surface area (Å²) in [5.41, 5.74) is 7.14. The van der Waals surface area contributed by atoms with Crippen molar-refractivity contribution in [3.05, 3.63) is 54.1 Å². The first-order valence-corrected chi connectivity index (χ1v) is 7.20. The number of rotatable bonds is 5. The van der Waals surface area contributed by atoms with Crippen LogP contribution in [0.15, 0.2) is 48.5 Å².